The van der Waals surface area contributed by atoms with Crippen LogP contribution in [0.2, 0.25) is 0 Å². The normalized spacial score (nSPS) is 15.5. The lowest BCUT2D eigenvalue weighted by Gasteiger charge is -2.39. The second-order valence-electron chi connectivity index (χ2n) is 7.55. The van der Waals surface area contributed by atoms with Crippen LogP contribution in [0.15, 0.2) is 54.4 Å². The van der Waals surface area contributed by atoms with E-state index in [1.807, 2.05) is 36.4 Å². The van der Waals surface area contributed by atoms with Crippen molar-refractivity contribution in [2.45, 2.75) is 32.3 Å². The van der Waals surface area contributed by atoms with Crippen molar-refractivity contribution in [3.05, 3.63) is 65.6 Å². The number of rotatable bonds is 4. The predicted octanol–water partition coefficient (Wildman–Crippen LogP) is 2.97. The summed E-state index contributed by atoms with van der Waals surface area (Å²) in [5.74, 6) is 0.703. The summed E-state index contributed by atoms with van der Waals surface area (Å²) in [5.41, 5.74) is 7.96. The van der Waals surface area contributed by atoms with Crippen LogP contribution in [-0.4, -0.2) is 35.0 Å². The van der Waals surface area contributed by atoms with Gasteiger partial charge in [-0.1, -0.05) is 45.0 Å². The molecular formula is C21H25N3O2. The monoisotopic (exact) mass is 351 g/mol. The van der Waals surface area contributed by atoms with Gasteiger partial charge in [-0.25, -0.2) is 0 Å². The van der Waals surface area contributed by atoms with E-state index in [9.17, 15) is 4.79 Å². The maximum Gasteiger partial charge on any atom is 0.270 e. The highest BCUT2D eigenvalue weighted by atomic mass is 16.5. The van der Waals surface area contributed by atoms with Crippen LogP contribution in [0, 0.1) is 0 Å². The van der Waals surface area contributed by atoms with E-state index in [2.05, 4.69) is 31.8 Å². The average Bonchev–Trinajstić information content (AvgIpc) is 2.57. The van der Waals surface area contributed by atoms with Gasteiger partial charge in [0, 0.05) is 6.20 Å². The molecule has 1 amide bonds. The van der Waals surface area contributed by atoms with Gasteiger partial charge in [0.05, 0.1) is 24.5 Å². The highest BCUT2D eigenvalue weighted by molar-refractivity contribution is 5.97. The molecule has 136 valence electrons. The number of para-hydroxylation sites is 1. The minimum Gasteiger partial charge on any atom is -0.486 e. The summed E-state index contributed by atoms with van der Waals surface area (Å²) in [6.07, 6.45) is 3.26. The minimum atomic E-state index is -0.181. The van der Waals surface area contributed by atoms with E-state index >= 15 is 0 Å². The third-order valence-electron chi connectivity index (χ3n) is 4.36. The number of hydrogen-bond donors (Lipinski definition) is 1. The smallest absolute Gasteiger partial charge is 0.270 e. The van der Waals surface area contributed by atoms with Crippen LogP contribution in [-0.2, 0) is 10.2 Å². The van der Waals surface area contributed by atoms with Crippen LogP contribution < -0.4 is 10.5 Å². The molecule has 2 heterocycles. The minimum absolute atomic E-state index is 0.00565. The first kappa shape index (κ1) is 18.0. The Morgan fingerprint density at radius 2 is 1.88 bits per heavy atom. The Hall–Kier alpha value is -2.82. The molecule has 0 unspecified atom stereocenters. The quantitative estimate of drug-likeness (QED) is 0.860. The number of pyridine rings is 1. The number of benzene rings is 1. The van der Waals surface area contributed by atoms with E-state index in [0.29, 0.717) is 18.8 Å². The third kappa shape index (κ3) is 4.04. The van der Waals surface area contributed by atoms with Crippen LogP contribution in [0.4, 0.5) is 0 Å². The number of likely N-dealkylation sites (tertiary alicyclic amines) is 1. The molecule has 0 radical (unpaired) electrons. The Morgan fingerprint density at radius 1 is 1.19 bits per heavy atom. The van der Waals surface area contributed by atoms with E-state index in [1.165, 1.54) is 5.56 Å². The van der Waals surface area contributed by atoms with Gasteiger partial charge in [-0.2, -0.15) is 0 Å². The summed E-state index contributed by atoms with van der Waals surface area (Å²) < 4.78 is 6.12. The molecule has 0 spiro atoms. The average molecular weight is 351 g/mol. The zero-order valence-corrected chi connectivity index (χ0v) is 15.5. The summed E-state index contributed by atoms with van der Waals surface area (Å²) in [6.45, 7) is 7.56. The summed E-state index contributed by atoms with van der Waals surface area (Å²) >= 11 is 0. The molecule has 3 rings (SSSR count). The number of carbonyl (C=O) groups is 1. The van der Waals surface area contributed by atoms with Crippen molar-refractivity contribution in [3.63, 3.8) is 0 Å². The molecule has 5 heteroatoms. The summed E-state index contributed by atoms with van der Waals surface area (Å²) in [4.78, 5) is 18.3. The fourth-order valence-electron chi connectivity index (χ4n) is 2.91. The molecule has 1 aromatic carbocycles. The van der Waals surface area contributed by atoms with E-state index in [1.54, 1.807) is 17.2 Å². The second kappa shape index (κ2) is 7.20. The van der Waals surface area contributed by atoms with Crippen LogP contribution >= 0.6 is 0 Å². The van der Waals surface area contributed by atoms with Gasteiger partial charge in [0.15, 0.2) is 0 Å². The number of amides is 1. The fourth-order valence-corrected chi connectivity index (χ4v) is 2.91. The Kier molecular flexibility index (Phi) is 4.98. The van der Waals surface area contributed by atoms with Gasteiger partial charge < -0.3 is 15.4 Å². The number of nitrogens with zero attached hydrogens (tertiary/aromatic N) is 2. The van der Waals surface area contributed by atoms with E-state index in [4.69, 9.17) is 10.5 Å². The lowest BCUT2D eigenvalue weighted by molar-refractivity contribution is -0.135. The number of ether oxygens (including phenoxy) is 1. The van der Waals surface area contributed by atoms with Crippen molar-refractivity contribution in [3.8, 4) is 5.75 Å². The zero-order valence-electron chi connectivity index (χ0n) is 15.5. The van der Waals surface area contributed by atoms with E-state index in [-0.39, 0.29) is 23.1 Å². The van der Waals surface area contributed by atoms with Gasteiger partial charge in [0.25, 0.3) is 5.91 Å². The molecule has 2 N–H and O–H groups in total. The molecule has 26 heavy (non-hydrogen) atoms. The first-order chi connectivity index (χ1) is 12.3. The van der Waals surface area contributed by atoms with Crippen molar-refractivity contribution in [1.82, 2.24) is 9.88 Å². The van der Waals surface area contributed by atoms with E-state index in [0.717, 1.165) is 5.75 Å². The Morgan fingerprint density at radius 3 is 2.54 bits per heavy atom. The van der Waals surface area contributed by atoms with Gasteiger partial charge in [0.1, 0.15) is 11.9 Å². The van der Waals surface area contributed by atoms with Crippen molar-refractivity contribution < 1.29 is 9.53 Å². The molecule has 0 atom stereocenters. The van der Waals surface area contributed by atoms with Crippen molar-refractivity contribution in [2.75, 3.05) is 13.1 Å². The Labute approximate surface area is 154 Å². The summed E-state index contributed by atoms with van der Waals surface area (Å²) in [6, 6.07) is 13.6. The van der Waals surface area contributed by atoms with Gasteiger partial charge in [-0.05, 0) is 35.3 Å². The molecule has 1 saturated heterocycles. The van der Waals surface area contributed by atoms with Gasteiger partial charge in [-0.3, -0.25) is 9.78 Å². The van der Waals surface area contributed by atoms with Gasteiger partial charge >= 0.3 is 0 Å². The topological polar surface area (TPSA) is 68.5 Å². The van der Waals surface area contributed by atoms with Crippen molar-refractivity contribution in [2.24, 2.45) is 5.73 Å². The summed E-state index contributed by atoms with van der Waals surface area (Å²) in [7, 11) is 0. The molecule has 1 fully saturated rings. The van der Waals surface area contributed by atoms with Crippen molar-refractivity contribution >= 4 is 12.0 Å². The number of carbonyl (C=O) groups excluding carboxylic acids is 1. The highest BCUT2D eigenvalue weighted by Gasteiger charge is 2.34. The van der Waals surface area contributed by atoms with Crippen LogP contribution in [0.5, 0.6) is 5.75 Å². The zero-order chi connectivity index (χ0) is 18.7. The van der Waals surface area contributed by atoms with Gasteiger partial charge in [0.2, 0.25) is 0 Å². The van der Waals surface area contributed by atoms with E-state index < -0.39 is 0 Å². The SMILES string of the molecule is CC(C)(C)c1ccccc1OC1CN(C(=O)C(N)=Cc2ccccn2)C1. The number of aromatic nitrogens is 1. The maximum absolute atomic E-state index is 12.4. The second-order valence-corrected chi connectivity index (χ2v) is 7.55. The number of nitrogens with two attached hydrogens (primary N) is 1. The van der Waals surface area contributed by atoms with Gasteiger partial charge in [-0.15, -0.1) is 0 Å². The summed E-state index contributed by atoms with van der Waals surface area (Å²) in [5, 5.41) is 0. The Balaban J connectivity index is 1.60. The molecule has 5 nitrogen and oxygen atoms in total. The molecule has 0 saturated carbocycles. The predicted molar refractivity (Wildman–Crippen MR) is 103 cm³/mol. The molecule has 1 aliphatic rings. The standard InChI is InChI=1S/C21H25N3O2/c1-21(2,3)17-9-4-5-10-19(17)26-16-13-24(14-16)20(25)18(22)12-15-8-6-7-11-23-15/h4-12,16H,13-14,22H2,1-3H3. The molecule has 2 aromatic rings. The molecule has 0 bridgehead atoms. The van der Waals surface area contributed by atoms with Crippen molar-refractivity contribution in [1.29, 1.82) is 0 Å². The van der Waals surface area contributed by atoms with Crippen LogP contribution in [0.25, 0.3) is 6.08 Å². The fraction of sp³-hybridized carbons (Fsp3) is 0.333. The lowest BCUT2D eigenvalue weighted by atomic mass is 9.86. The lowest BCUT2D eigenvalue weighted by Crippen LogP contribution is -2.57. The first-order valence-electron chi connectivity index (χ1n) is 8.78. The largest absolute Gasteiger partial charge is 0.486 e. The molecule has 1 aromatic heterocycles. The molecular weight excluding hydrogens is 326 g/mol. The highest BCUT2D eigenvalue weighted by Crippen LogP contribution is 2.32. The van der Waals surface area contributed by atoms with Crippen LogP contribution in [0.3, 0.4) is 0 Å². The molecule has 0 aliphatic carbocycles. The maximum atomic E-state index is 12.4. The molecule has 1 aliphatic heterocycles. The first-order valence-corrected chi connectivity index (χ1v) is 8.78. The van der Waals surface area contributed by atoms with Crippen LogP contribution in [0.1, 0.15) is 32.0 Å². The number of hydrogen-bond acceptors (Lipinski definition) is 4. The third-order valence-corrected chi connectivity index (χ3v) is 4.36. The Bertz CT molecular complexity index is 804.